The van der Waals surface area contributed by atoms with Gasteiger partial charge in [-0.2, -0.15) is 0 Å². The number of carbonyl (C=O) groups excluding carboxylic acids is 1. The highest BCUT2D eigenvalue weighted by Crippen LogP contribution is 2.24. The number of hydrogen-bond donors (Lipinski definition) is 1. The van der Waals surface area contributed by atoms with E-state index in [9.17, 15) is 13.2 Å². The van der Waals surface area contributed by atoms with Crippen molar-refractivity contribution in [3.05, 3.63) is 65.7 Å². The van der Waals surface area contributed by atoms with Gasteiger partial charge in [-0.3, -0.25) is 4.79 Å². The molecule has 3 rings (SSSR count). The second kappa shape index (κ2) is 11.8. The lowest BCUT2D eigenvalue weighted by atomic mass is 9.87. The Morgan fingerprint density at radius 1 is 1.09 bits per heavy atom. The summed E-state index contributed by atoms with van der Waals surface area (Å²) in [5.74, 6) is 0.463. The molecule has 0 radical (unpaired) electrons. The Morgan fingerprint density at radius 3 is 2.47 bits per heavy atom. The summed E-state index contributed by atoms with van der Waals surface area (Å²) in [7, 11) is -3.37. The molecule has 1 aliphatic rings. The van der Waals surface area contributed by atoms with Gasteiger partial charge < -0.3 is 10.1 Å². The summed E-state index contributed by atoms with van der Waals surface area (Å²) < 4.78 is 32.9. The monoisotopic (exact) mass is 486 g/mol. The Kier molecular flexibility index (Phi) is 9.14. The molecule has 1 atom stereocenters. The van der Waals surface area contributed by atoms with Crippen LogP contribution in [0.25, 0.3) is 0 Å². The van der Waals surface area contributed by atoms with Crippen LogP contribution >= 0.6 is 0 Å². The van der Waals surface area contributed by atoms with Crippen LogP contribution in [0.4, 0.5) is 0 Å². The Balaban J connectivity index is 1.40. The number of amides is 1. The third kappa shape index (κ3) is 7.84. The summed E-state index contributed by atoms with van der Waals surface area (Å²) in [6.07, 6.45) is 2.72. The lowest BCUT2D eigenvalue weighted by Crippen LogP contribution is -2.46. The van der Waals surface area contributed by atoms with Crippen molar-refractivity contribution in [2.24, 2.45) is 5.92 Å². The molecule has 0 saturated carbocycles. The van der Waals surface area contributed by atoms with Gasteiger partial charge >= 0.3 is 0 Å². The number of benzene rings is 2. The Bertz CT molecular complexity index is 1010. The van der Waals surface area contributed by atoms with Gasteiger partial charge in [-0.05, 0) is 54.4 Å². The van der Waals surface area contributed by atoms with E-state index in [1.165, 1.54) is 9.87 Å². The molecule has 0 aliphatic carbocycles. The summed E-state index contributed by atoms with van der Waals surface area (Å²) in [5.41, 5.74) is 2.47. The van der Waals surface area contributed by atoms with Gasteiger partial charge in [-0.25, -0.2) is 12.7 Å². The number of ether oxygens (including phenoxy) is 1. The van der Waals surface area contributed by atoms with E-state index in [-0.39, 0.29) is 29.5 Å². The molecule has 1 amide bonds. The highest BCUT2D eigenvalue weighted by atomic mass is 32.2. The zero-order valence-corrected chi connectivity index (χ0v) is 21.4. The SMILES string of the molecule is CC(C)(C)c1ccc(OCCNC(=O)[C@H]2CCCN(S(=O)(=O)CCCc3ccccc3)C2)cc1. The van der Waals surface area contributed by atoms with Crippen LogP contribution in [0.2, 0.25) is 0 Å². The maximum absolute atomic E-state index is 12.8. The smallest absolute Gasteiger partial charge is 0.224 e. The molecule has 34 heavy (non-hydrogen) atoms. The minimum Gasteiger partial charge on any atom is -0.492 e. The first-order valence-corrected chi connectivity index (χ1v) is 13.8. The molecule has 1 N–H and O–H groups in total. The average molecular weight is 487 g/mol. The molecule has 0 bridgehead atoms. The van der Waals surface area contributed by atoms with Crippen LogP contribution in [-0.2, 0) is 26.7 Å². The van der Waals surface area contributed by atoms with Gasteiger partial charge in [0.25, 0.3) is 0 Å². The third-order valence-corrected chi connectivity index (χ3v) is 8.17. The van der Waals surface area contributed by atoms with Crippen LogP contribution in [0.1, 0.15) is 51.2 Å². The number of nitrogens with one attached hydrogen (secondary N) is 1. The Labute approximate surface area is 204 Å². The summed E-state index contributed by atoms with van der Waals surface area (Å²) in [6, 6.07) is 17.9. The van der Waals surface area contributed by atoms with E-state index in [1.54, 1.807) is 0 Å². The molecule has 2 aromatic rings. The highest BCUT2D eigenvalue weighted by molar-refractivity contribution is 7.89. The minimum absolute atomic E-state index is 0.0930. The molecular formula is C27H38N2O4S. The highest BCUT2D eigenvalue weighted by Gasteiger charge is 2.31. The van der Waals surface area contributed by atoms with E-state index < -0.39 is 10.0 Å². The molecule has 0 aromatic heterocycles. The number of nitrogens with zero attached hydrogens (tertiary/aromatic N) is 1. The van der Waals surface area contributed by atoms with Gasteiger partial charge in [0, 0.05) is 13.1 Å². The van der Waals surface area contributed by atoms with Crippen molar-refractivity contribution in [2.75, 3.05) is 32.0 Å². The lowest BCUT2D eigenvalue weighted by Gasteiger charge is -2.31. The van der Waals surface area contributed by atoms with E-state index in [2.05, 4.69) is 38.2 Å². The quantitative estimate of drug-likeness (QED) is 0.512. The molecule has 1 aliphatic heterocycles. The van der Waals surface area contributed by atoms with Gasteiger partial charge in [0.15, 0.2) is 0 Å². The maximum Gasteiger partial charge on any atom is 0.224 e. The van der Waals surface area contributed by atoms with Crippen molar-refractivity contribution in [1.82, 2.24) is 9.62 Å². The van der Waals surface area contributed by atoms with Crippen molar-refractivity contribution in [3.8, 4) is 5.75 Å². The van der Waals surface area contributed by atoms with Crippen LogP contribution in [0.3, 0.4) is 0 Å². The molecule has 7 heteroatoms. The van der Waals surface area contributed by atoms with E-state index in [1.807, 2.05) is 42.5 Å². The first kappa shape index (κ1) is 26.2. The molecule has 186 valence electrons. The molecule has 1 saturated heterocycles. The van der Waals surface area contributed by atoms with Crippen LogP contribution in [0.5, 0.6) is 5.75 Å². The third-order valence-electron chi connectivity index (χ3n) is 6.25. The number of piperidine rings is 1. The Morgan fingerprint density at radius 2 is 1.79 bits per heavy atom. The molecule has 2 aromatic carbocycles. The largest absolute Gasteiger partial charge is 0.492 e. The van der Waals surface area contributed by atoms with Crippen LogP contribution in [0, 0.1) is 5.92 Å². The van der Waals surface area contributed by atoms with Crippen molar-refractivity contribution >= 4 is 15.9 Å². The topological polar surface area (TPSA) is 75.7 Å². The first-order chi connectivity index (χ1) is 16.1. The normalized spacial score (nSPS) is 17.3. The fourth-order valence-corrected chi connectivity index (χ4v) is 5.76. The van der Waals surface area contributed by atoms with Crippen LogP contribution in [0.15, 0.2) is 54.6 Å². The minimum atomic E-state index is -3.37. The zero-order chi connectivity index (χ0) is 24.6. The maximum atomic E-state index is 12.8. The van der Waals surface area contributed by atoms with Gasteiger partial charge in [-0.1, -0.05) is 63.2 Å². The van der Waals surface area contributed by atoms with Gasteiger partial charge in [0.05, 0.1) is 18.2 Å². The zero-order valence-electron chi connectivity index (χ0n) is 20.6. The van der Waals surface area contributed by atoms with E-state index >= 15 is 0 Å². The standard InChI is InChI=1S/C27H38N2O4S/c1-27(2,3)24-13-15-25(16-14-24)33-19-17-28-26(30)23-12-7-18-29(21-23)34(31,32)20-8-11-22-9-5-4-6-10-22/h4-6,9-10,13-16,23H,7-8,11-12,17-21H2,1-3H3,(H,28,30)/t23-/m0/s1. The molecular weight excluding hydrogens is 448 g/mol. The van der Waals surface area contributed by atoms with Gasteiger partial charge in [0.1, 0.15) is 12.4 Å². The van der Waals surface area contributed by atoms with Crippen molar-refractivity contribution in [2.45, 2.75) is 51.9 Å². The number of hydrogen-bond acceptors (Lipinski definition) is 4. The van der Waals surface area contributed by atoms with Gasteiger partial charge in [-0.15, -0.1) is 0 Å². The number of aryl methyl sites for hydroxylation is 1. The van der Waals surface area contributed by atoms with Crippen LogP contribution in [-0.4, -0.2) is 50.6 Å². The molecule has 1 heterocycles. The predicted molar refractivity (Wildman–Crippen MR) is 136 cm³/mol. The van der Waals surface area contributed by atoms with Gasteiger partial charge in [0.2, 0.25) is 15.9 Å². The molecule has 1 fully saturated rings. The first-order valence-electron chi connectivity index (χ1n) is 12.2. The number of sulfonamides is 1. The fraction of sp³-hybridized carbons (Fsp3) is 0.519. The van der Waals surface area contributed by atoms with Crippen molar-refractivity contribution in [3.63, 3.8) is 0 Å². The molecule has 0 spiro atoms. The van der Waals surface area contributed by atoms with E-state index in [4.69, 9.17) is 4.74 Å². The Hall–Kier alpha value is -2.38. The number of carbonyl (C=O) groups is 1. The number of rotatable bonds is 10. The summed E-state index contributed by atoms with van der Waals surface area (Å²) in [5, 5.41) is 2.91. The van der Waals surface area contributed by atoms with Crippen LogP contribution < -0.4 is 10.1 Å². The van der Waals surface area contributed by atoms with E-state index in [0.29, 0.717) is 39.0 Å². The van der Waals surface area contributed by atoms with Crippen molar-refractivity contribution < 1.29 is 17.9 Å². The second-order valence-electron chi connectivity index (χ2n) is 10.0. The summed E-state index contributed by atoms with van der Waals surface area (Å²) >= 11 is 0. The summed E-state index contributed by atoms with van der Waals surface area (Å²) in [6.45, 7) is 8.01. The molecule has 0 unspecified atom stereocenters. The molecule has 6 nitrogen and oxygen atoms in total. The summed E-state index contributed by atoms with van der Waals surface area (Å²) in [4.78, 5) is 12.6. The lowest BCUT2D eigenvalue weighted by molar-refractivity contribution is -0.126. The fourth-order valence-electron chi connectivity index (χ4n) is 4.18. The van der Waals surface area contributed by atoms with Crippen molar-refractivity contribution in [1.29, 1.82) is 0 Å². The average Bonchev–Trinajstić information content (AvgIpc) is 2.82. The van der Waals surface area contributed by atoms with E-state index in [0.717, 1.165) is 17.7 Å². The predicted octanol–water partition coefficient (Wildman–Crippen LogP) is 4.15. The second-order valence-corrected chi connectivity index (χ2v) is 12.1.